The van der Waals surface area contributed by atoms with Gasteiger partial charge in [-0.15, -0.1) is 0 Å². The molecule has 0 saturated heterocycles. The number of ether oxygens (including phenoxy) is 2. The first-order valence-corrected chi connectivity index (χ1v) is 16.8. The first-order valence-electron chi connectivity index (χ1n) is 16.8. The highest BCUT2D eigenvalue weighted by Crippen LogP contribution is 2.40. The number of esters is 2. The van der Waals surface area contributed by atoms with Gasteiger partial charge in [0.1, 0.15) is 0 Å². The second kappa shape index (κ2) is 22.4. The first-order chi connectivity index (χ1) is 20.0. The minimum absolute atomic E-state index is 0.210. The third kappa shape index (κ3) is 16.5. The van der Waals surface area contributed by atoms with Crippen LogP contribution in [0.2, 0.25) is 0 Å². The zero-order chi connectivity index (χ0) is 31.3. The van der Waals surface area contributed by atoms with Gasteiger partial charge >= 0.3 is 23.9 Å². The molecule has 1 saturated carbocycles. The van der Waals surface area contributed by atoms with Crippen LogP contribution in [0.15, 0.2) is 0 Å². The minimum atomic E-state index is -1.27. The van der Waals surface area contributed by atoms with E-state index in [1.165, 1.54) is 51.4 Å². The molecule has 0 bridgehead atoms. The molecule has 0 aromatic heterocycles. The fraction of sp³-hybridized carbons (Fsp3) is 0.882. The fourth-order valence-electron chi connectivity index (χ4n) is 5.91. The molecule has 8 heteroatoms. The van der Waals surface area contributed by atoms with Crippen LogP contribution in [0.3, 0.4) is 0 Å². The molecule has 0 heterocycles. The van der Waals surface area contributed by atoms with Crippen LogP contribution in [0.25, 0.3) is 0 Å². The molecule has 4 unspecified atom stereocenters. The SMILES string of the molecule is CC(C)CCCCCCCCCOC(=O)C1CC(C(=O)O)C(C(=O)O)CC1C(=O)OCCCCCCCCCC(C)C. The average molecular weight is 597 g/mol. The molecule has 1 aliphatic rings. The lowest BCUT2D eigenvalue weighted by Gasteiger charge is -2.35. The summed E-state index contributed by atoms with van der Waals surface area (Å²) in [6.07, 6.45) is 17.2. The van der Waals surface area contributed by atoms with Crippen LogP contribution in [0, 0.1) is 35.5 Å². The van der Waals surface area contributed by atoms with E-state index in [0.717, 1.165) is 50.4 Å². The van der Waals surface area contributed by atoms with E-state index in [4.69, 9.17) is 9.47 Å². The van der Waals surface area contributed by atoms with Crippen LogP contribution in [-0.4, -0.2) is 47.3 Å². The predicted octanol–water partition coefficient (Wildman–Crippen LogP) is 8.05. The van der Waals surface area contributed by atoms with E-state index in [1.54, 1.807) is 0 Å². The molecule has 1 rings (SSSR count). The molecule has 1 fully saturated rings. The van der Waals surface area contributed by atoms with E-state index >= 15 is 0 Å². The molecular weight excluding hydrogens is 536 g/mol. The van der Waals surface area contributed by atoms with Crippen molar-refractivity contribution in [2.75, 3.05) is 13.2 Å². The van der Waals surface area contributed by atoms with Gasteiger partial charge in [-0.2, -0.15) is 0 Å². The molecule has 1 aliphatic carbocycles. The summed E-state index contributed by atoms with van der Waals surface area (Å²) in [5, 5.41) is 19.3. The zero-order valence-corrected chi connectivity index (χ0v) is 27.0. The number of aliphatic carboxylic acids is 2. The average Bonchev–Trinajstić information content (AvgIpc) is 2.93. The van der Waals surface area contributed by atoms with E-state index in [1.807, 2.05) is 0 Å². The van der Waals surface area contributed by atoms with Gasteiger partial charge in [-0.25, -0.2) is 0 Å². The maximum absolute atomic E-state index is 13.0. The number of unbranched alkanes of at least 4 members (excludes halogenated alkanes) is 12. The van der Waals surface area contributed by atoms with Crippen molar-refractivity contribution in [1.82, 2.24) is 0 Å². The summed E-state index contributed by atoms with van der Waals surface area (Å²) in [4.78, 5) is 49.7. The van der Waals surface area contributed by atoms with E-state index < -0.39 is 47.5 Å². The Bertz CT molecular complexity index is 714. The molecule has 0 radical (unpaired) electrons. The monoisotopic (exact) mass is 596 g/mol. The van der Waals surface area contributed by atoms with Gasteiger partial charge in [0.15, 0.2) is 0 Å². The van der Waals surface area contributed by atoms with E-state index in [9.17, 15) is 29.4 Å². The Kier molecular flexibility index (Phi) is 20.2. The third-order valence-electron chi connectivity index (χ3n) is 8.57. The van der Waals surface area contributed by atoms with E-state index in [0.29, 0.717) is 12.8 Å². The van der Waals surface area contributed by atoms with Gasteiger partial charge in [-0.1, -0.05) is 118 Å². The zero-order valence-electron chi connectivity index (χ0n) is 27.0. The Hall–Kier alpha value is -2.12. The molecule has 42 heavy (non-hydrogen) atoms. The summed E-state index contributed by atoms with van der Waals surface area (Å²) in [5.74, 6) is -6.83. The molecule has 2 N–H and O–H groups in total. The lowest BCUT2D eigenvalue weighted by molar-refractivity contribution is -0.172. The number of rotatable bonds is 24. The van der Waals surface area contributed by atoms with Gasteiger partial charge in [-0.05, 0) is 37.5 Å². The Labute approximate surface area is 254 Å². The van der Waals surface area contributed by atoms with Crippen molar-refractivity contribution in [2.24, 2.45) is 35.5 Å². The van der Waals surface area contributed by atoms with E-state index in [-0.39, 0.29) is 26.1 Å². The highest BCUT2D eigenvalue weighted by Gasteiger charge is 2.50. The molecule has 0 amide bonds. The number of hydrogen-bond acceptors (Lipinski definition) is 6. The van der Waals surface area contributed by atoms with Crippen molar-refractivity contribution in [3.05, 3.63) is 0 Å². The highest BCUT2D eigenvalue weighted by atomic mass is 16.5. The number of hydrogen-bond donors (Lipinski definition) is 2. The first kappa shape index (κ1) is 37.9. The molecule has 0 aliphatic heterocycles. The fourth-order valence-corrected chi connectivity index (χ4v) is 5.91. The van der Waals surface area contributed by atoms with Gasteiger partial charge in [-0.3, -0.25) is 19.2 Å². The summed E-state index contributed by atoms with van der Waals surface area (Å²) in [5.41, 5.74) is 0. The van der Waals surface area contributed by atoms with Gasteiger partial charge < -0.3 is 19.7 Å². The van der Waals surface area contributed by atoms with Gasteiger partial charge in [0, 0.05) is 0 Å². The van der Waals surface area contributed by atoms with Crippen LogP contribution in [-0.2, 0) is 28.7 Å². The van der Waals surface area contributed by atoms with Crippen molar-refractivity contribution >= 4 is 23.9 Å². The standard InChI is InChI=1S/C34H60O8/c1-25(2)19-15-11-7-5-9-13-17-21-41-33(39)29-23-27(31(35)36)28(32(37)38)24-30(29)34(40)42-22-18-14-10-6-8-12-16-20-26(3)4/h25-30H,5-24H2,1-4H3,(H,35,36)(H,37,38). The number of carbonyl (C=O) groups excluding carboxylic acids is 2. The number of carboxylic acid groups (broad SMARTS) is 2. The van der Waals surface area contributed by atoms with Crippen molar-refractivity contribution in [3.63, 3.8) is 0 Å². The van der Waals surface area contributed by atoms with Crippen LogP contribution in [0.1, 0.15) is 143 Å². The molecule has 4 atom stereocenters. The van der Waals surface area contributed by atoms with Crippen molar-refractivity contribution in [3.8, 4) is 0 Å². The lowest BCUT2D eigenvalue weighted by Crippen LogP contribution is -2.46. The lowest BCUT2D eigenvalue weighted by atomic mass is 9.68. The molecule has 0 aromatic rings. The Balaban J connectivity index is 2.49. The van der Waals surface area contributed by atoms with Crippen molar-refractivity contribution in [2.45, 2.75) is 143 Å². The second-order valence-corrected chi connectivity index (χ2v) is 13.2. The Morgan fingerprint density at radius 3 is 1.07 bits per heavy atom. The van der Waals surface area contributed by atoms with Gasteiger partial charge in [0.25, 0.3) is 0 Å². The van der Waals surface area contributed by atoms with Crippen LogP contribution < -0.4 is 0 Å². The summed E-state index contributed by atoms with van der Waals surface area (Å²) in [6, 6.07) is 0. The maximum Gasteiger partial charge on any atom is 0.309 e. The largest absolute Gasteiger partial charge is 0.481 e. The quantitative estimate of drug-likeness (QED) is 0.0846. The Morgan fingerprint density at radius 2 is 0.786 bits per heavy atom. The smallest absolute Gasteiger partial charge is 0.309 e. The topological polar surface area (TPSA) is 127 Å². The molecule has 0 spiro atoms. The van der Waals surface area contributed by atoms with Crippen molar-refractivity contribution < 1.29 is 38.9 Å². The molecule has 8 nitrogen and oxygen atoms in total. The summed E-state index contributed by atoms with van der Waals surface area (Å²) in [7, 11) is 0. The summed E-state index contributed by atoms with van der Waals surface area (Å²) < 4.78 is 11.0. The van der Waals surface area contributed by atoms with Crippen LogP contribution in [0.4, 0.5) is 0 Å². The van der Waals surface area contributed by atoms with Crippen LogP contribution in [0.5, 0.6) is 0 Å². The van der Waals surface area contributed by atoms with Crippen molar-refractivity contribution in [1.29, 1.82) is 0 Å². The normalized spacial score (nSPS) is 20.5. The highest BCUT2D eigenvalue weighted by molar-refractivity contribution is 5.86. The Morgan fingerprint density at radius 1 is 0.500 bits per heavy atom. The molecule has 244 valence electrons. The van der Waals surface area contributed by atoms with Crippen LogP contribution >= 0.6 is 0 Å². The third-order valence-corrected chi connectivity index (χ3v) is 8.57. The predicted molar refractivity (Wildman–Crippen MR) is 164 cm³/mol. The summed E-state index contributed by atoms with van der Waals surface area (Å²) in [6.45, 7) is 9.38. The van der Waals surface area contributed by atoms with Gasteiger partial charge in [0.2, 0.25) is 0 Å². The summed E-state index contributed by atoms with van der Waals surface area (Å²) >= 11 is 0. The minimum Gasteiger partial charge on any atom is -0.481 e. The molecule has 0 aromatic carbocycles. The van der Waals surface area contributed by atoms with E-state index in [2.05, 4.69) is 27.7 Å². The second-order valence-electron chi connectivity index (χ2n) is 13.2. The molecular formula is C34H60O8. The number of carbonyl (C=O) groups is 4. The maximum atomic E-state index is 13.0. The van der Waals surface area contributed by atoms with Gasteiger partial charge in [0.05, 0.1) is 36.9 Å². The number of carboxylic acids is 2.